The Bertz CT molecular complexity index is 76.8. The first kappa shape index (κ1) is 6.01. The third-order valence-electron chi connectivity index (χ3n) is 1.50. The second-order valence-electron chi connectivity index (χ2n) is 2.08. The zero-order valence-electron chi connectivity index (χ0n) is 5.02. The first-order valence-corrected chi connectivity index (χ1v) is 2.93. The van der Waals surface area contributed by atoms with E-state index in [1.165, 1.54) is 0 Å². The molecule has 0 radical (unpaired) electrons. The van der Waals surface area contributed by atoms with Crippen molar-refractivity contribution in [3.05, 3.63) is 0 Å². The van der Waals surface area contributed by atoms with Crippen molar-refractivity contribution >= 4 is 0 Å². The standard InChI is InChI=1S/C5H12N2O/c1-6-5-4(8)2-3-7-5/h4-8H,2-3H2,1H3. The maximum Gasteiger partial charge on any atom is 0.0837 e. The summed E-state index contributed by atoms with van der Waals surface area (Å²) in [5, 5.41) is 15.1. The van der Waals surface area contributed by atoms with Gasteiger partial charge in [-0.1, -0.05) is 0 Å². The molecule has 1 aliphatic heterocycles. The van der Waals surface area contributed by atoms with Crippen LogP contribution in [0.15, 0.2) is 0 Å². The Morgan fingerprint density at radius 2 is 2.50 bits per heavy atom. The van der Waals surface area contributed by atoms with E-state index in [0.717, 1.165) is 13.0 Å². The quantitative estimate of drug-likeness (QED) is 0.407. The van der Waals surface area contributed by atoms with E-state index in [9.17, 15) is 0 Å². The molecule has 0 aliphatic carbocycles. The molecule has 8 heavy (non-hydrogen) atoms. The van der Waals surface area contributed by atoms with Crippen LogP contribution in [0.5, 0.6) is 0 Å². The van der Waals surface area contributed by atoms with Crippen LogP contribution < -0.4 is 10.6 Å². The van der Waals surface area contributed by atoms with Gasteiger partial charge in [-0.2, -0.15) is 0 Å². The number of aliphatic hydroxyl groups excluding tert-OH is 1. The fraction of sp³-hybridized carbons (Fsp3) is 1.00. The van der Waals surface area contributed by atoms with E-state index >= 15 is 0 Å². The van der Waals surface area contributed by atoms with Crippen LogP contribution in [0.2, 0.25) is 0 Å². The summed E-state index contributed by atoms with van der Waals surface area (Å²) in [6, 6.07) is 0. The molecule has 1 aliphatic rings. The summed E-state index contributed by atoms with van der Waals surface area (Å²) in [4.78, 5) is 0. The van der Waals surface area contributed by atoms with Crippen molar-refractivity contribution < 1.29 is 5.11 Å². The minimum atomic E-state index is -0.194. The Morgan fingerprint density at radius 3 is 2.75 bits per heavy atom. The fourth-order valence-electron chi connectivity index (χ4n) is 0.984. The number of rotatable bonds is 1. The molecule has 2 atom stereocenters. The van der Waals surface area contributed by atoms with Crippen molar-refractivity contribution in [1.82, 2.24) is 10.6 Å². The molecule has 3 nitrogen and oxygen atoms in total. The average molecular weight is 116 g/mol. The summed E-state index contributed by atoms with van der Waals surface area (Å²) in [7, 11) is 1.84. The molecule has 0 amide bonds. The van der Waals surface area contributed by atoms with Gasteiger partial charge in [0.1, 0.15) is 0 Å². The van der Waals surface area contributed by atoms with Gasteiger partial charge in [-0.25, -0.2) is 0 Å². The molecule has 2 unspecified atom stereocenters. The molecule has 1 saturated heterocycles. The molecule has 1 heterocycles. The normalized spacial score (nSPS) is 38.2. The molecule has 1 rings (SSSR count). The number of nitrogens with one attached hydrogen (secondary N) is 2. The van der Waals surface area contributed by atoms with E-state index in [0.29, 0.717) is 0 Å². The highest BCUT2D eigenvalue weighted by Gasteiger charge is 2.21. The minimum absolute atomic E-state index is 0.120. The molecular weight excluding hydrogens is 104 g/mol. The van der Waals surface area contributed by atoms with Crippen molar-refractivity contribution in [2.75, 3.05) is 13.6 Å². The lowest BCUT2D eigenvalue weighted by Crippen LogP contribution is -2.41. The van der Waals surface area contributed by atoms with Crippen molar-refractivity contribution in [1.29, 1.82) is 0 Å². The first-order chi connectivity index (χ1) is 3.84. The van der Waals surface area contributed by atoms with Crippen molar-refractivity contribution in [3.8, 4) is 0 Å². The summed E-state index contributed by atoms with van der Waals surface area (Å²) in [5.74, 6) is 0. The molecule has 0 aromatic rings. The Morgan fingerprint density at radius 1 is 1.75 bits per heavy atom. The maximum absolute atomic E-state index is 9.06. The molecule has 0 aromatic heterocycles. The van der Waals surface area contributed by atoms with Gasteiger partial charge in [0.25, 0.3) is 0 Å². The van der Waals surface area contributed by atoms with Crippen LogP contribution in [-0.4, -0.2) is 31.0 Å². The van der Waals surface area contributed by atoms with E-state index < -0.39 is 0 Å². The summed E-state index contributed by atoms with van der Waals surface area (Å²) in [6.07, 6.45) is 0.792. The summed E-state index contributed by atoms with van der Waals surface area (Å²) < 4.78 is 0. The number of hydrogen-bond donors (Lipinski definition) is 3. The van der Waals surface area contributed by atoms with Crippen LogP contribution in [0.3, 0.4) is 0 Å². The van der Waals surface area contributed by atoms with Gasteiger partial charge in [-0.15, -0.1) is 0 Å². The highest BCUT2D eigenvalue weighted by Crippen LogP contribution is 2.01. The third-order valence-corrected chi connectivity index (χ3v) is 1.50. The van der Waals surface area contributed by atoms with E-state index in [1.807, 2.05) is 7.05 Å². The highest BCUT2D eigenvalue weighted by molar-refractivity contribution is 4.79. The summed E-state index contributed by atoms with van der Waals surface area (Å²) in [6.45, 7) is 0.923. The topological polar surface area (TPSA) is 44.3 Å². The van der Waals surface area contributed by atoms with Gasteiger partial charge in [0.2, 0.25) is 0 Å². The smallest absolute Gasteiger partial charge is 0.0837 e. The minimum Gasteiger partial charge on any atom is -0.390 e. The highest BCUT2D eigenvalue weighted by atomic mass is 16.3. The van der Waals surface area contributed by atoms with E-state index in [-0.39, 0.29) is 12.3 Å². The van der Waals surface area contributed by atoms with E-state index in [4.69, 9.17) is 5.11 Å². The lowest BCUT2D eigenvalue weighted by Gasteiger charge is -2.11. The van der Waals surface area contributed by atoms with Crippen molar-refractivity contribution in [2.45, 2.75) is 18.7 Å². The monoisotopic (exact) mass is 116 g/mol. The van der Waals surface area contributed by atoms with Gasteiger partial charge in [0.15, 0.2) is 0 Å². The Labute approximate surface area is 49.1 Å². The molecule has 0 bridgehead atoms. The maximum atomic E-state index is 9.06. The molecule has 3 heteroatoms. The molecule has 0 aromatic carbocycles. The predicted molar refractivity (Wildman–Crippen MR) is 31.5 cm³/mol. The van der Waals surface area contributed by atoms with E-state index in [2.05, 4.69) is 10.6 Å². The van der Waals surface area contributed by atoms with Gasteiger partial charge in [-0.05, 0) is 20.0 Å². The van der Waals surface area contributed by atoms with Gasteiger partial charge >= 0.3 is 0 Å². The lowest BCUT2D eigenvalue weighted by atomic mass is 10.3. The Kier molecular flexibility index (Phi) is 1.83. The van der Waals surface area contributed by atoms with E-state index in [1.54, 1.807) is 0 Å². The molecule has 0 saturated carbocycles. The van der Waals surface area contributed by atoms with Crippen LogP contribution in [0, 0.1) is 0 Å². The molecule has 3 N–H and O–H groups in total. The molecule has 1 fully saturated rings. The van der Waals surface area contributed by atoms with Crippen LogP contribution in [0.1, 0.15) is 6.42 Å². The van der Waals surface area contributed by atoms with Crippen molar-refractivity contribution in [2.24, 2.45) is 0 Å². The van der Waals surface area contributed by atoms with Crippen LogP contribution in [-0.2, 0) is 0 Å². The van der Waals surface area contributed by atoms with Crippen LogP contribution in [0.4, 0.5) is 0 Å². The average Bonchev–Trinajstić information content (AvgIpc) is 2.14. The lowest BCUT2D eigenvalue weighted by molar-refractivity contribution is 0.148. The zero-order chi connectivity index (χ0) is 5.98. The summed E-state index contributed by atoms with van der Waals surface area (Å²) in [5.41, 5.74) is 0. The predicted octanol–water partition coefficient (Wildman–Crippen LogP) is -1.11. The second-order valence-corrected chi connectivity index (χ2v) is 2.08. The second kappa shape index (κ2) is 2.44. The van der Waals surface area contributed by atoms with Crippen LogP contribution >= 0.6 is 0 Å². The zero-order valence-corrected chi connectivity index (χ0v) is 5.02. The first-order valence-electron chi connectivity index (χ1n) is 2.93. The largest absolute Gasteiger partial charge is 0.390 e. The van der Waals surface area contributed by atoms with Gasteiger partial charge in [0.05, 0.1) is 12.3 Å². The fourth-order valence-corrected chi connectivity index (χ4v) is 0.984. The number of aliphatic hydroxyl groups is 1. The molecule has 48 valence electrons. The Hall–Kier alpha value is -0.120. The number of hydrogen-bond acceptors (Lipinski definition) is 3. The van der Waals surface area contributed by atoms with Crippen LogP contribution in [0.25, 0.3) is 0 Å². The molecule has 0 spiro atoms. The van der Waals surface area contributed by atoms with Gasteiger partial charge in [0, 0.05) is 0 Å². The Balaban J connectivity index is 2.30. The third kappa shape index (κ3) is 0.992. The summed E-state index contributed by atoms with van der Waals surface area (Å²) >= 11 is 0. The number of likely N-dealkylation sites (N-methyl/N-ethyl adjacent to an activating group) is 1. The molecular formula is C5H12N2O. The van der Waals surface area contributed by atoms with Gasteiger partial charge < -0.3 is 10.4 Å². The SMILES string of the molecule is CNC1NCCC1O. The van der Waals surface area contributed by atoms with Gasteiger partial charge in [-0.3, -0.25) is 5.32 Å². The van der Waals surface area contributed by atoms with Crippen molar-refractivity contribution in [3.63, 3.8) is 0 Å².